The third-order valence-corrected chi connectivity index (χ3v) is 5.80. The van der Waals surface area contributed by atoms with E-state index in [1.165, 1.54) is 0 Å². The molecular weight excluding hydrogens is 431 g/mol. The number of aromatic nitrogens is 3. The van der Waals surface area contributed by atoms with E-state index in [0.29, 0.717) is 23.2 Å². The molecule has 31 heavy (non-hydrogen) atoms. The highest BCUT2D eigenvalue weighted by Gasteiger charge is 2.36. The molecule has 4 rings (SSSR count). The quantitative estimate of drug-likeness (QED) is 0.609. The van der Waals surface area contributed by atoms with Gasteiger partial charge in [0.1, 0.15) is 5.02 Å². The van der Waals surface area contributed by atoms with Crippen LogP contribution in [-0.4, -0.2) is 63.5 Å². The lowest BCUT2D eigenvalue weighted by molar-refractivity contribution is -0.142. The molecule has 0 radical (unpaired) electrons. The van der Waals surface area contributed by atoms with Crippen LogP contribution in [0.25, 0.3) is 16.9 Å². The highest BCUT2D eigenvalue weighted by molar-refractivity contribution is 6.34. The minimum Gasteiger partial charge on any atom is -0.340 e. The molecule has 6 nitrogen and oxygen atoms in total. The minimum absolute atomic E-state index is 0.0399. The predicted molar refractivity (Wildman–Crippen MR) is 111 cm³/mol. The summed E-state index contributed by atoms with van der Waals surface area (Å²) in [6.07, 6.45) is -4.85. The Morgan fingerprint density at radius 2 is 1.77 bits per heavy atom. The second kappa shape index (κ2) is 8.12. The molecule has 1 amide bonds. The van der Waals surface area contributed by atoms with Crippen LogP contribution >= 0.6 is 11.6 Å². The van der Waals surface area contributed by atoms with E-state index in [2.05, 4.69) is 15.0 Å². The average Bonchev–Trinajstić information content (AvgIpc) is 3.03. The summed E-state index contributed by atoms with van der Waals surface area (Å²) in [7, 11) is 1.97. The summed E-state index contributed by atoms with van der Waals surface area (Å²) < 4.78 is 42.1. The van der Waals surface area contributed by atoms with Gasteiger partial charge in [-0.15, -0.1) is 0 Å². The number of alkyl halides is 3. The summed E-state index contributed by atoms with van der Waals surface area (Å²) in [5.74, 6) is -0.217. The van der Waals surface area contributed by atoms with Crippen LogP contribution in [0.2, 0.25) is 5.02 Å². The summed E-state index contributed by atoms with van der Waals surface area (Å²) in [4.78, 5) is 20.8. The van der Waals surface area contributed by atoms with Gasteiger partial charge in [0.05, 0.1) is 17.8 Å². The zero-order valence-corrected chi connectivity index (χ0v) is 17.8. The molecule has 0 aliphatic carbocycles. The molecule has 164 valence electrons. The van der Waals surface area contributed by atoms with E-state index < -0.39 is 11.9 Å². The van der Waals surface area contributed by atoms with Crippen molar-refractivity contribution in [3.8, 4) is 11.3 Å². The first-order valence-electron chi connectivity index (χ1n) is 9.82. The molecule has 1 fully saturated rings. The number of hydrogen-bond acceptors (Lipinski definition) is 4. The van der Waals surface area contributed by atoms with Crippen LogP contribution in [0.1, 0.15) is 17.0 Å². The minimum atomic E-state index is -4.67. The highest BCUT2D eigenvalue weighted by atomic mass is 35.5. The number of halogens is 4. The maximum absolute atomic E-state index is 13.8. The number of likely N-dealkylation sites (N-methyl/N-ethyl adjacent to an activating group) is 1. The van der Waals surface area contributed by atoms with Crippen molar-refractivity contribution in [3.05, 3.63) is 52.3 Å². The van der Waals surface area contributed by atoms with E-state index in [4.69, 9.17) is 11.6 Å². The molecule has 1 aliphatic rings. The molecule has 0 bridgehead atoms. The molecule has 10 heteroatoms. The zero-order chi connectivity index (χ0) is 22.3. The van der Waals surface area contributed by atoms with Gasteiger partial charge in [0.15, 0.2) is 11.3 Å². The topological polar surface area (TPSA) is 53.7 Å². The molecule has 3 aromatic rings. The van der Waals surface area contributed by atoms with E-state index >= 15 is 0 Å². The second-order valence-corrected chi connectivity index (χ2v) is 8.13. The first kappa shape index (κ1) is 21.6. The molecule has 0 saturated carbocycles. The fourth-order valence-corrected chi connectivity index (χ4v) is 3.76. The molecular formula is C21H21ClF3N5O. The SMILES string of the molecule is Cc1ccc(-c2cc(C(F)(F)F)n3nc(CC(=O)N4CCN(C)CC4)c(Cl)c3n2)cc1. The molecule has 1 saturated heterocycles. The number of piperazine rings is 1. The number of benzene rings is 1. The third-order valence-electron chi connectivity index (χ3n) is 5.41. The van der Waals surface area contributed by atoms with E-state index in [9.17, 15) is 18.0 Å². The van der Waals surface area contributed by atoms with Gasteiger partial charge in [-0.05, 0) is 20.0 Å². The number of rotatable bonds is 3. The van der Waals surface area contributed by atoms with Crippen LogP contribution in [0.4, 0.5) is 13.2 Å². The van der Waals surface area contributed by atoms with E-state index in [1.54, 1.807) is 29.2 Å². The highest BCUT2D eigenvalue weighted by Crippen LogP contribution is 2.34. The molecule has 1 aliphatic heterocycles. The first-order valence-corrected chi connectivity index (χ1v) is 10.2. The number of carbonyl (C=O) groups excluding carboxylic acids is 1. The Kier molecular flexibility index (Phi) is 5.65. The summed E-state index contributed by atoms with van der Waals surface area (Å²) in [5, 5.41) is 3.98. The monoisotopic (exact) mass is 451 g/mol. The van der Waals surface area contributed by atoms with Crippen LogP contribution in [0.15, 0.2) is 30.3 Å². The van der Waals surface area contributed by atoms with Crippen LogP contribution in [0.3, 0.4) is 0 Å². The number of nitrogens with zero attached hydrogens (tertiary/aromatic N) is 5. The Morgan fingerprint density at radius 3 is 2.39 bits per heavy atom. The van der Waals surface area contributed by atoms with Crippen molar-refractivity contribution < 1.29 is 18.0 Å². The predicted octanol–water partition coefficient (Wildman–Crippen LogP) is 3.69. The molecule has 3 heterocycles. The lowest BCUT2D eigenvalue weighted by Gasteiger charge is -2.32. The molecule has 0 N–H and O–H groups in total. The van der Waals surface area contributed by atoms with Crippen LogP contribution in [0.5, 0.6) is 0 Å². The molecule has 1 aromatic carbocycles. The van der Waals surface area contributed by atoms with Gasteiger partial charge in [-0.25, -0.2) is 9.50 Å². The van der Waals surface area contributed by atoms with Gasteiger partial charge in [-0.3, -0.25) is 4.79 Å². The van der Waals surface area contributed by atoms with Gasteiger partial charge < -0.3 is 9.80 Å². The van der Waals surface area contributed by atoms with Crippen molar-refractivity contribution in [1.82, 2.24) is 24.4 Å². The van der Waals surface area contributed by atoms with Gasteiger partial charge in [-0.1, -0.05) is 41.4 Å². The van der Waals surface area contributed by atoms with Gasteiger partial charge in [0.25, 0.3) is 0 Å². The third kappa shape index (κ3) is 4.38. The molecule has 0 unspecified atom stereocenters. The summed E-state index contributed by atoms with van der Waals surface area (Å²) in [6.45, 7) is 4.49. The number of fused-ring (bicyclic) bond motifs is 1. The summed E-state index contributed by atoms with van der Waals surface area (Å²) >= 11 is 6.38. The molecule has 2 aromatic heterocycles. The Labute approximate surface area is 182 Å². The lowest BCUT2D eigenvalue weighted by Crippen LogP contribution is -2.47. The maximum Gasteiger partial charge on any atom is 0.433 e. The van der Waals surface area contributed by atoms with Crippen LogP contribution < -0.4 is 0 Å². The van der Waals surface area contributed by atoms with Gasteiger partial charge in [0, 0.05) is 31.7 Å². The Morgan fingerprint density at radius 1 is 1.13 bits per heavy atom. The number of aryl methyl sites for hydroxylation is 1. The van der Waals surface area contributed by atoms with Crippen molar-refractivity contribution >= 4 is 23.2 Å². The fourth-order valence-electron chi connectivity index (χ4n) is 3.53. The number of amides is 1. The summed E-state index contributed by atoms with van der Waals surface area (Å²) in [6, 6.07) is 7.96. The van der Waals surface area contributed by atoms with Crippen LogP contribution in [0, 0.1) is 6.92 Å². The molecule has 0 atom stereocenters. The lowest BCUT2D eigenvalue weighted by atomic mass is 10.1. The first-order chi connectivity index (χ1) is 14.6. The smallest absolute Gasteiger partial charge is 0.340 e. The summed E-state index contributed by atoms with van der Waals surface area (Å²) in [5.41, 5.74) is 0.628. The van der Waals surface area contributed by atoms with Crippen molar-refractivity contribution in [3.63, 3.8) is 0 Å². The van der Waals surface area contributed by atoms with Gasteiger partial charge >= 0.3 is 6.18 Å². The normalized spacial score (nSPS) is 15.6. The maximum atomic E-state index is 13.8. The second-order valence-electron chi connectivity index (χ2n) is 7.75. The van der Waals surface area contributed by atoms with Crippen molar-refractivity contribution in [2.75, 3.05) is 33.2 Å². The van der Waals surface area contributed by atoms with E-state index in [0.717, 1.165) is 24.7 Å². The Bertz CT molecular complexity index is 1120. The Hall–Kier alpha value is -2.65. The largest absolute Gasteiger partial charge is 0.433 e. The Balaban J connectivity index is 1.74. The van der Waals surface area contributed by atoms with Crippen molar-refractivity contribution in [1.29, 1.82) is 0 Å². The average molecular weight is 452 g/mol. The van der Waals surface area contributed by atoms with Gasteiger partial charge in [-0.2, -0.15) is 18.3 Å². The fraction of sp³-hybridized carbons (Fsp3) is 0.381. The number of carbonyl (C=O) groups is 1. The van der Waals surface area contributed by atoms with E-state index in [-0.39, 0.29) is 34.4 Å². The zero-order valence-electron chi connectivity index (χ0n) is 17.1. The van der Waals surface area contributed by atoms with E-state index in [1.807, 2.05) is 14.0 Å². The van der Waals surface area contributed by atoms with Crippen molar-refractivity contribution in [2.45, 2.75) is 19.5 Å². The van der Waals surface area contributed by atoms with Crippen LogP contribution in [-0.2, 0) is 17.4 Å². The number of hydrogen-bond donors (Lipinski definition) is 0. The standard InChI is InChI=1S/C21H21ClF3N5O/c1-13-3-5-14(6-4-13)15-11-17(21(23,24)25)30-20(26-15)19(22)16(27-30)12-18(31)29-9-7-28(2)8-10-29/h3-6,11H,7-10,12H2,1-2H3. The van der Waals surface area contributed by atoms with Gasteiger partial charge in [0.2, 0.25) is 5.91 Å². The van der Waals surface area contributed by atoms with Crippen molar-refractivity contribution in [2.24, 2.45) is 0 Å². The molecule has 0 spiro atoms.